The maximum absolute atomic E-state index is 12.5. The average Bonchev–Trinajstić information content (AvgIpc) is 2.69. The molecule has 134 valence electrons. The Balaban J connectivity index is 1.42. The summed E-state index contributed by atoms with van der Waals surface area (Å²) >= 11 is 5.86. The predicted octanol–water partition coefficient (Wildman–Crippen LogP) is 3.05. The van der Waals surface area contributed by atoms with Crippen LogP contribution in [0.1, 0.15) is 15.9 Å². The third kappa shape index (κ3) is 4.75. The predicted molar refractivity (Wildman–Crippen MR) is 100 cm³/mol. The van der Waals surface area contributed by atoms with Crippen molar-refractivity contribution in [2.24, 2.45) is 0 Å². The standard InChI is InChI=1S/C20H20ClN3O2/c21-18-5-7-19(8-6-18)26-14-13-23-9-11-24(12-10-23)20(25)17-3-1-16(15-22)2-4-17/h1-8H,9-14H2. The lowest BCUT2D eigenvalue weighted by Crippen LogP contribution is -2.49. The molecule has 3 rings (SSSR count). The zero-order valence-electron chi connectivity index (χ0n) is 14.4. The van der Waals surface area contributed by atoms with E-state index in [1.165, 1.54) is 0 Å². The Labute approximate surface area is 158 Å². The fourth-order valence-electron chi connectivity index (χ4n) is 2.87. The van der Waals surface area contributed by atoms with Crippen LogP contribution >= 0.6 is 11.6 Å². The molecule has 2 aromatic carbocycles. The second-order valence-corrected chi connectivity index (χ2v) is 6.56. The summed E-state index contributed by atoms with van der Waals surface area (Å²) in [5.41, 5.74) is 1.19. The number of halogens is 1. The fraction of sp³-hybridized carbons (Fsp3) is 0.300. The van der Waals surface area contributed by atoms with E-state index in [9.17, 15) is 4.79 Å². The zero-order chi connectivity index (χ0) is 18.4. The maximum atomic E-state index is 12.5. The third-order valence-electron chi connectivity index (χ3n) is 4.41. The van der Waals surface area contributed by atoms with Crippen LogP contribution < -0.4 is 4.74 Å². The van der Waals surface area contributed by atoms with Crippen LogP contribution in [-0.2, 0) is 0 Å². The number of piperazine rings is 1. The Morgan fingerprint density at radius 3 is 2.31 bits per heavy atom. The van der Waals surface area contributed by atoms with Crippen molar-refractivity contribution < 1.29 is 9.53 Å². The van der Waals surface area contributed by atoms with Gasteiger partial charge in [-0.1, -0.05) is 11.6 Å². The maximum Gasteiger partial charge on any atom is 0.253 e. The summed E-state index contributed by atoms with van der Waals surface area (Å²) in [4.78, 5) is 16.7. The highest BCUT2D eigenvalue weighted by molar-refractivity contribution is 6.30. The van der Waals surface area contributed by atoms with Crippen LogP contribution in [-0.4, -0.2) is 55.0 Å². The fourth-order valence-corrected chi connectivity index (χ4v) is 2.99. The molecule has 0 bridgehead atoms. The average molecular weight is 370 g/mol. The second kappa shape index (κ2) is 8.70. The van der Waals surface area contributed by atoms with Crippen LogP contribution in [0.2, 0.25) is 5.02 Å². The van der Waals surface area contributed by atoms with Crippen LogP contribution in [0.25, 0.3) is 0 Å². The molecule has 6 heteroatoms. The lowest BCUT2D eigenvalue weighted by molar-refractivity contribution is 0.0620. The van der Waals surface area contributed by atoms with Gasteiger partial charge in [-0.15, -0.1) is 0 Å². The van der Waals surface area contributed by atoms with E-state index < -0.39 is 0 Å². The van der Waals surface area contributed by atoms with Gasteiger partial charge in [0.2, 0.25) is 0 Å². The van der Waals surface area contributed by atoms with Crippen molar-refractivity contribution in [2.75, 3.05) is 39.3 Å². The summed E-state index contributed by atoms with van der Waals surface area (Å²) in [6.45, 7) is 4.46. The van der Waals surface area contributed by atoms with Crippen LogP contribution in [0.4, 0.5) is 0 Å². The van der Waals surface area contributed by atoms with Crippen LogP contribution in [0.3, 0.4) is 0 Å². The highest BCUT2D eigenvalue weighted by Crippen LogP contribution is 2.15. The van der Waals surface area contributed by atoms with Crippen molar-refractivity contribution in [1.29, 1.82) is 5.26 Å². The molecule has 1 fully saturated rings. The molecule has 0 aromatic heterocycles. The lowest BCUT2D eigenvalue weighted by Gasteiger charge is -2.34. The summed E-state index contributed by atoms with van der Waals surface area (Å²) in [6.07, 6.45) is 0. The van der Waals surface area contributed by atoms with Gasteiger partial charge < -0.3 is 9.64 Å². The molecule has 0 unspecified atom stereocenters. The molecule has 1 saturated heterocycles. The lowest BCUT2D eigenvalue weighted by atomic mass is 10.1. The molecular weight excluding hydrogens is 350 g/mol. The Kier molecular flexibility index (Phi) is 6.11. The Morgan fingerprint density at radius 1 is 1.04 bits per heavy atom. The number of ether oxygens (including phenoxy) is 1. The number of carbonyl (C=O) groups is 1. The molecule has 0 saturated carbocycles. The van der Waals surface area contributed by atoms with E-state index in [1.807, 2.05) is 29.2 Å². The largest absolute Gasteiger partial charge is 0.492 e. The number of nitrogens with zero attached hydrogens (tertiary/aromatic N) is 3. The molecule has 5 nitrogen and oxygen atoms in total. The van der Waals surface area contributed by atoms with Crippen molar-refractivity contribution in [2.45, 2.75) is 0 Å². The molecule has 26 heavy (non-hydrogen) atoms. The first kappa shape index (κ1) is 18.2. The van der Waals surface area contributed by atoms with Gasteiger partial charge in [-0.05, 0) is 48.5 Å². The van der Waals surface area contributed by atoms with Gasteiger partial charge in [-0.3, -0.25) is 9.69 Å². The van der Waals surface area contributed by atoms with Crippen LogP contribution in [0.15, 0.2) is 48.5 Å². The molecule has 0 radical (unpaired) electrons. The van der Waals surface area contributed by atoms with Gasteiger partial charge >= 0.3 is 0 Å². The number of hydrogen-bond donors (Lipinski definition) is 0. The molecule has 0 spiro atoms. The van der Waals surface area contributed by atoms with Gasteiger partial charge in [0.15, 0.2) is 0 Å². The molecule has 1 heterocycles. The number of carbonyl (C=O) groups excluding carboxylic acids is 1. The number of rotatable bonds is 5. The summed E-state index contributed by atoms with van der Waals surface area (Å²) in [6, 6.07) is 16.2. The SMILES string of the molecule is N#Cc1ccc(C(=O)N2CCN(CCOc3ccc(Cl)cc3)CC2)cc1. The monoisotopic (exact) mass is 369 g/mol. The summed E-state index contributed by atoms with van der Waals surface area (Å²) in [7, 11) is 0. The highest BCUT2D eigenvalue weighted by atomic mass is 35.5. The minimum absolute atomic E-state index is 0.0200. The van der Waals surface area contributed by atoms with Crippen molar-refractivity contribution in [3.05, 3.63) is 64.7 Å². The van der Waals surface area contributed by atoms with Gasteiger partial charge in [0.1, 0.15) is 12.4 Å². The van der Waals surface area contributed by atoms with E-state index in [1.54, 1.807) is 24.3 Å². The van der Waals surface area contributed by atoms with E-state index in [4.69, 9.17) is 21.6 Å². The summed E-state index contributed by atoms with van der Waals surface area (Å²) in [5.74, 6) is 0.829. The molecule has 1 aliphatic rings. The summed E-state index contributed by atoms with van der Waals surface area (Å²) < 4.78 is 5.72. The first-order valence-corrected chi connectivity index (χ1v) is 8.93. The van der Waals surface area contributed by atoms with Gasteiger partial charge in [-0.2, -0.15) is 5.26 Å². The molecule has 0 aliphatic carbocycles. The number of nitriles is 1. The van der Waals surface area contributed by atoms with E-state index in [-0.39, 0.29) is 5.91 Å². The second-order valence-electron chi connectivity index (χ2n) is 6.13. The Bertz CT molecular complexity index is 776. The summed E-state index contributed by atoms with van der Waals surface area (Å²) in [5, 5.41) is 9.53. The molecule has 0 atom stereocenters. The van der Waals surface area contributed by atoms with E-state index in [0.717, 1.165) is 25.4 Å². The van der Waals surface area contributed by atoms with Crippen molar-refractivity contribution >= 4 is 17.5 Å². The Morgan fingerprint density at radius 2 is 1.69 bits per heavy atom. The first-order chi connectivity index (χ1) is 12.7. The van der Waals surface area contributed by atoms with Crippen LogP contribution in [0.5, 0.6) is 5.75 Å². The zero-order valence-corrected chi connectivity index (χ0v) is 15.2. The van der Waals surface area contributed by atoms with E-state index in [0.29, 0.717) is 35.8 Å². The van der Waals surface area contributed by atoms with Gasteiger partial charge in [0.05, 0.1) is 11.6 Å². The smallest absolute Gasteiger partial charge is 0.253 e. The Hall–Kier alpha value is -2.55. The van der Waals surface area contributed by atoms with Crippen molar-refractivity contribution in [1.82, 2.24) is 9.80 Å². The highest BCUT2D eigenvalue weighted by Gasteiger charge is 2.21. The van der Waals surface area contributed by atoms with Crippen molar-refractivity contribution in [3.63, 3.8) is 0 Å². The first-order valence-electron chi connectivity index (χ1n) is 8.56. The topological polar surface area (TPSA) is 56.6 Å². The van der Waals surface area contributed by atoms with Crippen LogP contribution in [0, 0.1) is 11.3 Å². The number of hydrogen-bond acceptors (Lipinski definition) is 4. The quantitative estimate of drug-likeness (QED) is 0.812. The third-order valence-corrected chi connectivity index (χ3v) is 4.66. The van der Waals surface area contributed by atoms with Gasteiger partial charge in [-0.25, -0.2) is 0 Å². The molecule has 0 N–H and O–H groups in total. The molecule has 2 aromatic rings. The molecule has 1 amide bonds. The molecular formula is C20H20ClN3O2. The van der Waals surface area contributed by atoms with Gasteiger partial charge in [0.25, 0.3) is 5.91 Å². The molecule has 1 aliphatic heterocycles. The van der Waals surface area contributed by atoms with E-state index in [2.05, 4.69) is 11.0 Å². The van der Waals surface area contributed by atoms with Crippen molar-refractivity contribution in [3.8, 4) is 11.8 Å². The minimum Gasteiger partial charge on any atom is -0.492 e. The minimum atomic E-state index is 0.0200. The number of benzene rings is 2. The van der Waals surface area contributed by atoms with Gasteiger partial charge in [0, 0.05) is 43.3 Å². The van der Waals surface area contributed by atoms with E-state index >= 15 is 0 Å². The normalized spacial score (nSPS) is 14.7. The number of amides is 1.